The van der Waals surface area contributed by atoms with E-state index in [2.05, 4.69) is 18.6 Å². The first-order chi connectivity index (χ1) is 9.39. The first-order valence-corrected chi connectivity index (χ1v) is 8.59. The number of furan rings is 1. The highest BCUT2D eigenvalue weighted by Crippen LogP contribution is 2.35. The number of aliphatic hydroxyl groups is 1. The number of aliphatic hydroxyl groups excluding tert-OH is 1. The Kier molecular flexibility index (Phi) is 4.56. The Morgan fingerprint density at radius 3 is 2.65 bits per heavy atom. The molecule has 1 heterocycles. The molecule has 1 aromatic heterocycles. The Labute approximate surface area is 120 Å². The van der Waals surface area contributed by atoms with Gasteiger partial charge >= 0.3 is 0 Å². The fraction of sp³-hybridized carbons (Fsp3) is 0.714. The van der Waals surface area contributed by atoms with Gasteiger partial charge in [-0.25, -0.2) is 13.1 Å². The molecule has 0 aliphatic heterocycles. The summed E-state index contributed by atoms with van der Waals surface area (Å²) in [6.45, 7) is 5.55. The fourth-order valence-corrected chi connectivity index (χ4v) is 4.69. The monoisotopic (exact) mass is 301 g/mol. The van der Waals surface area contributed by atoms with Crippen LogP contribution in [0.3, 0.4) is 0 Å². The third-order valence-electron chi connectivity index (χ3n) is 4.43. The quantitative estimate of drug-likeness (QED) is 0.873. The molecule has 0 saturated heterocycles. The number of hydrogen-bond acceptors (Lipinski definition) is 4. The highest BCUT2D eigenvalue weighted by molar-refractivity contribution is 7.89. The van der Waals surface area contributed by atoms with E-state index in [1.54, 1.807) is 6.92 Å². The van der Waals surface area contributed by atoms with Crippen LogP contribution in [-0.2, 0) is 16.6 Å². The summed E-state index contributed by atoms with van der Waals surface area (Å²) in [5.41, 5.74) is 0. The summed E-state index contributed by atoms with van der Waals surface area (Å²) >= 11 is 0. The summed E-state index contributed by atoms with van der Waals surface area (Å²) in [4.78, 5) is 0.133. The van der Waals surface area contributed by atoms with Gasteiger partial charge in [-0.3, -0.25) is 0 Å². The molecule has 0 amide bonds. The van der Waals surface area contributed by atoms with Crippen molar-refractivity contribution in [3.05, 3.63) is 17.6 Å². The van der Waals surface area contributed by atoms with Crippen molar-refractivity contribution in [2.75, 3.05) is 0 Å². The Hall–Kier alpha value is -0.850. The van der Waals surface area contributed by atoms with E-state index in [1.807, 2.05) is 0 Å². The molecule has 3 atom stereocenters. The van der Waals surface area contributed by atoms with Crippen molar-refractivity contribution in [3.63, 3.8) is 0 Å². The predicted octanol–water partition coefficient (Wildman–Crippen LogP) is 2.18. The molecule has 1 aromatic rings. The second-order valence-corrected chi connectivity index (χ2v) is 7.31. The summed E-state index contributed by atoms with van der Waals surface area (Å²) in [7, 11) is -3.58. The maximum absolute atomic E-state index is 12.4. The number of hydrogen-bond donors (Lipinski definition) is 2. The molecule has 0 aromatic carbocycles. The van der Waals surface area contributed by atoms with Crippen molar-refractivity contribution in [3.8, 4) is 0 Å². The second-order valence-electron chi connectivity index (χ2n) is 5.62. The van der Waals surface area contributed by atoms with Crippen LogP contribution in [0.1, 0.15) is 44.6 Å². The zero-order valence-corrected chi connectivity index (χ0v) is 13.0. The lowest BCUT2D eigenvalue weighted by Crippen LogP contribution is -2.37. The highest BCUT2D eigenvalue weighted by Gasteiger charge is 2.35. The van der Waals surface area contributed by atoms with Crippen molar-refractivity contribution in [2.45, 2.75) is 57.6 Å². The van der Waals surface area contributed by atoms with Gasteiger partial charge in [-0.05, 0) is 31.6 Å². The molecule has 1 fully saturated rings. The summed E-state index contributed by atoms with van der Waals surface area (Å²) in [6.07, 6.45) is 3.03. The van der Waals surface area contributed by atoms with E-state index in [1.165, 1.54) is 6.07 Å². The molecular weight excluding hydrogens is 278 g/mol. The van der Waals surface area contributed by atoms with Gasteiger partial charge < -0.3 is 9.52 Å². The van der Waals surface area contributed by atoms with Gasteiger partial charge in [-0.1, -0.05) is 20.3 Å². The molecule has 0 spiro atoms. The van der Waals surface area contributed by atoms with Crippen LogP contribution < -0.4 is 4.72 Å². The molecule has 1 saturated carbocycles. The molecule has 2 N–H and O–H groups in total. The lowest BCUT2D eigenvalue weighted by molar-refractivity contribution is 0.244. The standard InChI is InChI=1S/C14H23NO4S/c1-4-11-5-6-13(9(11)2)15-20(17,18)14-7-12(8-16)19-10(14)3/h7,9,11,13,15-16H,4-6,8H2,1-3H3. The Balaban J connectivity index is 2.17. The van der Waals surface area contributed by atoms with E-state index in [0.29, 0.717) is 17.6 Å². The first kappa shape index (κ1) is 15.5. The number of rotatable bonds is 5. The van der Waals surface area contributed by atoms with Crippen LogP contribution in [-0.4, -0.2) is 19.6 Å². The SMILES string of the molecule is CCC1CCC(NS(=O)(=O)c2cc(CO)oc2C)C1C. The van der Waals surface area contributed by atoms with Crippen LogP contribution in [0, 0.1) is 18.8 Å². The van der Waals surface area contributed by atoms with Crippen molar-refractivity contribution in [1.82, 2.24) is 4.72 Å². The average molecular weight is 301 g/mol. The van der Waals surface area contributed by atoms with Crippen LogP contribution in [0.5, 0.6) is 0 Å². The van der Waals surface area contributed by atoms with Crippen molar-refractivity contribution >= 4 is 10.0 Å². The Bertz CT molecular complexity index is 564. The van der Waals surface area contributed by atoms with Gasteiger partial charge in [0.2, 0.25) is 10.0 Å². The van der Waals surface area contributed by atoms with E-state index in [4.69, 9.17) is 9.52 Å². The van der Waals surface area contributed by atoms with Gasteiger partial charge in [0.25, 0.3) is 0 Å². The van der Waals surface area contributed by atoms with Crippen molar-refractivity contribution in [2.24, 2.45) is 11.8 Å². The van der Waals surface area contributed by atoms with Crippen LogP contribution in [0.4, 0.5) is 0 Å². The van der Waals surface area contributed by atoms with E-state index in [-0.39, 0.29) is 23.3 Å². The minimum absolute atomic E-state index is 0.0168. The fourth-order valence-electron chi connectivity index (χ4n) is 3.12. The molecule has 3 unspecified atom stereocenters. The third kappa shape index (κ3) is 2.92. The van der Waals surface area contributed by atoms with Crippen molar-refractivity contribution in [1.29, 1.82) is 0 Å². The lowest BCUT2D eigenvalue weighted by Gasteiger charge is -2.20. The molecule has 0 bridgehead atoms. The second kappa shape index (κ2) is 5.87. The van der Waals surface area contributed by atoms with Gasteiger partial charge in [-0.15, -0.1) is 0 Å². The molecule has 1 aliphatic carbocycles. The van der Waals surface area contributed by atoms with Gasteiger partial charge in [0.05, 0.1) is 0 Å². The summed E-state index contributed by atoms with van der Waals surface area (Å²) < 4.78 is 32.9. The van der Waals surface area contributed by atoms with Crippen molar-refractivity contribution < 1.29 is 17.9 Å². The Morgan fingerprint density at radius 2 is 2.15 bits per heavy atom. The summed E-state index contributed by atoms with van der Waals surface area (Å²) in [6, 6.07) is 1.38. The van der Waals surface area contributed by atoms with E-state index in [9.17, 15) is 8.42 Å². The molecule has 2 rings (SSSR count). The van der Waals surface area contributed by atoms with Gasteiger partial charge in [0.15, 0.2) is 0 Å². The third-order valence-corrected chi connectivity index (χ3v) is 6.02. The first-order valence-electron chi connectivity index (χ1n) is 7.11. The zero-order valence-electron chi connectivity index (χ0n) is 12.2. The van der Waals surface area contributed by atoms with Crippen LogP contribution in [0.15, 0.2) is 15.4 Å². The van der Waals surface area contributed by atoms with Gasteiger partial charge in [-0.2, -0.15) is 0 Å². The van der Waals surface area contributed by atoms with Gasteiger partial charge in [0, 0.05) is 12.1 Å². The molecule has 114 valence electrons. The maximum atomic E-state index is 12.4. The smallest absolute Gasteiger partial charge is 0.244 e. The largest absolute Gasteiger partial charge is 0.462 e. The minimum atomic E-state index is -3.58. The number of aryl methyl sites for hydroxylation is 1. The maximum Gasteiger partial charge on any atom is 0.244 e. The van der Waals surface area contributed by atoms with E-state index < -0.39 is 10.0 Å². The molecular formula is C14H23NO4S. The molecule has 6 heteroatoms. The summed E-state index contributed by atoms with van der Waals surface area (Å²) in [5, 5.41) is 9.03. The molecule has 20 heavy (non-hydrogen) atoms. The van der Waals surface area contributed by atoms with Crippen LogP contribution in [0.2, 0.25) is 0 Å². The molecule has 0 radical (unpaired) electrons. The highest BCUT2D eigenvalue weighted by atomic mass is 32.2. The van der Waals surface area contributed by atoms with Gasteiger partial charge in [0.1, 0.15) is 23.0 Å². The number of sulfonamides is 1. The van der Waals surface area contributed by atoms with Crippen LogP contribution in [0.25, 0.3) is 0 Å². The molecule has 5 nitrogen and oxygen atoms in total. The minimum Gasteiger partial charge on any atom is -0.462 e. The predicted molar refractivity (Wildman–Crippen MR) is 75.7 cm³/mol. The lowest BCUT2D eigenvalue weighted by atomic mass is 9.94. The normalized spacial score (nSPS) is 27.1. The van der Waals surface area contributed by atoms with E-state index >= 15 is 0 Å². The summed E-state index contributed by atoms with van der Waals surface area (Å²) in [5.74, 6) is 1.52. The van der Waals surface area contributed by atoms with E-state index in [0.717, 1.165) is 19.3 Å². The Morgan fingerprint density at radius 1 is 1.45 bits per heavy atom. The molecule has 1 aliphatic rings. The average Bonchev–Trinajstić information content (AvgIpc) is 2.94. The van der Waals surface area contributed by atoms with Crippen LogP contribution >= 0.6 is 0 Å². The zero-order chi connectivity index (χ0) is 14.9. The topological polar surface area (TPSA) is 79.5 Å². The number of nitrogens with one attached hydrogen (secondary N) is 1.